The normalized spacial score (nSPS) is 15.0. The first-order valence-electron chi connectivity index (χ1n) is 6.04. The first-order valence-corrected chi connectivity index (χ1v) is 6.92. The number of para-hydroxylation sites is 1. The van der Waals surface area contributed by atoms with E-state index in [-0.39, 0.29) is 29.0 Å². The molecule has 5 nitrogen and oxygen atoms in total. The summed E-state index contributed by atoms with van der Waals surface area (Å²) in [5.74, 6) is 0. The molecule has 2 atom stereocenters. The summed E-state index contributed by atoms with van der Waals surface area (Å²) in [6.45, 7) is 5.84. The van der Waals surface area contributed by atoms with Crippen LogP contribution in [0.5, 0.6) is 0 Å². The Labute approximate surface area is 117 Å². The zero-order valence-corrected chi connectivity index (χ0v) is 12.2. The molecule has 0 heterocycles. The largest absolute Gasteiger partial charge is 0.395 e. The van der Waals surface area contributed by atoms with Crippen LogP contribution in [0.3, 0.4) is 0 Å². The van der Waals surface area contributed by atoms with E-state index in [2.05, 4.69) is 0 Å². The molecule has 0 amide bonds. The number of nitrogens with zero attached hydrogens (tertiary/aromatic N) is 1. The Morgan fingerprint density at radius 3 is 2.47 bits per heavy atom. The molecule has 1 aromatic carbocycles. The fraction of sp³-hybridized carbons (Fsp3) is 0.538. The number of benzene rings is 1. The monoisotopic (exact) mass is 284 g/mol. The highest BCUT2D eigenvalue weighted by molar-refractivity contribution is 8.00. The Morgan fingerprint density at radius 2 is 2.00 bits per heavy atom. The van der Waals surface area contributed by atoms with Crippen molar-refractivity contribution in [2.24, 2.45) is 11.1 Å². The lowest BCUT2D eigenvalue weighted by Gasteiger charge is -2.32. The minimum atomic E-state index is -0.417. The Morgan fingerprint density at radius 1 is 1.42 bits per heavy atom. The number of aliphatic hydroxyl groups is 1. The number of hydrogen-bond acceptors (Lipinski definition) is 5. The topological polar surface area (TPSA) is 89.4 Å². The number of nitro groups is 1. The van der Waals surface area contributed by atoms with E-state index in [1.165, 1.54) is 17.8 Å². The van der Waals surface area contributed by atoms with Crippen LogP contribution in [0.25, 0.3) is 0 Å². The van der Waals surface area contributed by atoms with E-state index >= 15 is 0 Å². The molecule has 0 fully saturated rings. The SMILES string of the molecule is CC(C)(C)C(N)C(CO)Sc1ccccc1[N+](=O)[O-]. The summed E-state index contributed by atoms with van der Waals surface area (Å²) in [5.41, 5.74) is 6.00. The fourth-order valence-corrected chi connectivity index (χ4v) is 3.03. The molecule has 19 heavy (non-hydrogen) atoms. The molecule has 0 bridgehead atoms. The van der Waals surface area contributed by atoms with Crippen LogP contribution in [-0.4, -0.2) is 27.9 Å². The van der Waals surface area contributed by atoms with E-state index in [0.717, 1.165) is 0 Å². The Kier molecular flexibility index (Phi) is 5.34. The standard InChI is InChI=1S/C13H20N2O3S/c1-13(2,3)12(14)11(8-16)19-10-7-5-4-6-9(10)15(17)18/h4-7,11-12,16H,8,14H2,1-3H3. The third kappa shape index (κ3) is 4.19. The number of nitrogens with two attached hydrogens (primary N) is 1. The van der Waals surface area contributed by atoms with Gasteiger partial charge < -0.3 is 10.8 Å². The van der Waals surface area contributed by atoms with Gasteiger partial charge in [-0.25, -0.2) is 0 Å². The second-order valence-corrected chi connectivity index (χ2v) is 6.74. The average Bonchev–Trinajstić information content (AvgIpc) is 2.34. The van der Waals surface area contributed by atoms with Gasteiger partial charge in [0.2, 0.25) is 0 Å². The van der Waals surface area contributed by atoms with Gasteiger partial charge in [0.05, 0.1) is 16.4 Å². The first-order chi connectivity index (χ1) is 8.77. The summed E-state index contributed by atoms with van der Waals surface area (Å²) >= 11 is 1.26. The molecule has 0 spiro atoms. The minimum Gasteiger partial charge on any atom is -0.395 e. The van der Waals surface area contributed by atoms with E-state index < -0.39 is 4.92 Å². The Balaban J connectivity index is 2.97. The number of rotatable bonds is 5. The van der Waals surface area contributed by atoms with Crippen LogP contribution in [0.1, 0.15) is 20.8 Å². The minimum absolute atomic E-state index is 0.0482. The molecule has 2 unspecified atom stereocenters. The van der Waals surface area contributed by atoms with Gasteiger partial charge in [-0.05, 0) is 11.5 Å². The van der Waals surface area contributed by atoms with Crippen LogP contribution in [0.4, 0.5) is 5.69 Å². The lowest BCUT2D eigenvalue weighted by molar-refractivity contribution is -0.387. The van der Waals surface area contributed by atoms with Crippen LogP contribution in [0.15, 0.2) is 29.2 Å². The highest BCUT2D eigenvalue weighted by Crippen LogP contribution is 2.35. The van der Waals surface area contributed by atoms with Gasteiger partial charge in [0.1, 0.15) is 0 Å². The predicted octanol–water partition coefficient (Wildman–Crippen LogP) is 2.42. The molecule has 106 valence electrons. The molecule has 0 aliphatic carbocycles. The van der Waals surface area contributed by atoms with E-state index in [1.54, 1.807) is 18.2 Å². The summed E-state index contributed by atoms with van der Waals surface area (Å²) in [4.78, 5) is 11.1. The molecular weight excluding hydrogens is 264 g/mol. The lowest BCUT2D eigenvalue weighted by atomic mass is 9.85. The van der Waals surface area contributed by atoms with E-state index in [9.17, 15) is 15.2 Å². The van der Waals surface area contributed by atoms with Crippen molar-refractivity contribution < 1.29 is 10.0 Å². The molecule has 0 aliphatic heterocycles. The highest BCUT2D eigenvalue weighted by atomic mass is 32.2. The molecular formula is C13H20N2O3S. The van der Waals surface area contributed by atoms with E-state index in [4.69, 9.17) is 5.73 Å². The van der Waals surface area contributed by atoms with Gasteiger partial charge in [-0.3, -0.25) is 10.1 Å². The number of nitro benzene ring substituents is 1. The maximum absolute atomic E-state index is 11.0. The second-order valence-electron chi connectivity index (χ2n) is 5.46. The quantitative estimate of drug-likeness (QED) is 0.492. The molecule has 0 saturated carbocycles. The van der Waals surface area contributed by atoms with Gasteiger partial charge >= 0.3 is 0 Å². The van der Waals surface area contributed by atoms with E-state index in [0.29, 0.717) is 4.90 Å². The summed E-state index contributed by atoms with van der Waals surface area (Å²) < 4.78 is 0. The highest BCUT2D eigenvalue weighted by Gasteiger charge is 2.30. The smallest absolute Gasteiger partial charge is 0.282 e. The Hall–Kier alpha value is -1.11. The van der Waals surface area contributed by atoms with Gasteiger partial charge in [-0.15, -0.1) is 11.8 Å². The van der Waals surface area contributed by atoms with Gasteiger partial charge in [0, 0.05) is 17.4 Å². The number of hydrogen-bond donors (Lipinski definition) is 2. The van der Waals surface area contributed by atoms with Crippen molar-refractivity contribution in [2.45, 2.75) is 37.0 Å². The van der Waals surface area contributed by atoms with Gasteiger partial charge in [-0.2, -0.15) is 0 Å². The summed E-state index contributed by atoms with van der Waals surface area (Å²) in [6, 6.07) is 6.24. The molecule has 0 aromatic heterocycles. The zero-order valence-electron chi connectivity index (χ0n) is 11.4. The number of thioether (sulfide) groups is 1. The van der Waals surface area contributed by atoms with Crippen molar-refractivity contribution in [1.82, 2.24) is 0 Å². The van der Waals surface area contributed by atoms with Crippen LogP contribution >= 0.6 is 11.8 Å². The van der Waals surface area contributed by atoms with Crippen LogP contribution in [0, 0.1) is 15.5 Å². The summed E-state index contributed by atoms with van der Waals surface area (Å²) in [7, 11) is 0. The van der Waals surface area contributed by atoms with Crippen LogP contribution in [0.2, 0.25) is 0 Å². The van der Waals surface area contributed by atoms with E-state index in [1.807, 2.05) is 20.8 Å². The lowest BCUT2D eigenvalue weighted by Crippen LogP contribution is -2.45. The van der Waals surface area contributed by atoms with Crippen molar-refractivity contribution in [3.8, 4) is 0 Å². The molecule has 0 saturated heterocycles. The Bertz CT molecular complexity index is 446. The molecule has 1 rings (SSSR count). The second kappa shape index (κ2) is 6.36. The van der Waals surface area contributed by atoms with Crippen molar-refractivity contribution in [1.29, 1.82) is 0 Å². The van der Waals surface area contributed by atoms with Crippen LogP contribution in [-0.2, 0) is 0 Å². The number of aliphatic hydroxyl groups excluding tert-OH is 1. The van der Waals surface area contributed by atoms with Crippen LogP contribution < -0.4 is 5.73 Å². The predicted molar refractivity (Wildman–Crippen MR) is 77.3 cm³/mol. The molecule has 1 aromatic rings. The molecule has 6 heteroatoms. The van der Waals surface area contributed by atoms with Gasteiger partial charge in [-0.1, -0.05) is 32.9 Å². The zero-order chi connectivity index (χ0) is 14.6. The van der Waals surface area contributed by atoms with Crippen molar-refractivity contribution >= 4 is 17.4 Å². The van der Waals surface area contributed by atoms with Gasteiger partial charge in [0.15, 0.2) is 0 Å². The average molecular weight is 284 g/mol. The summed E-state index contributed by atoms with van der Waals surface area (Å²) in [5, 5.41) is 20.2. The van der Waals surface area contributed by atoms with Crippen molar-refractivity contribution in [3.63, 3.8) is 0 Å². The van der Waals surface area contributed by atoms with Gasteiger partial charge in [0.25, 0.3) is 5.69 Å². The first kappa shape index (κ1) is 15.9. The maximum atomic E-state index is 11.0. The third-order valence-corrected chi connectivity index (χ3v) is 4.26. The summed E-state index contributed by atoms with van der Waals surface area (Å²) in [6.07, 6.45) is 0. The molecule has 3 N–H and O–H groups in total. The van der Waals surface area contributed by atoms with Crippen molar-refractivity contribution in [3.05, 3.63) is 34.4 Å². The van der Waals surface area contributed by atoms with Crippen molar-refractivity contribution in [2.75, 3.05) is 6.61 Å². The fourth-order valence-electron chi connectivity index (χ4n) is 1.65. The molecule has 0 aliphatic rings. The maximum Gasteiger partial charge on any atom is 0.282 e. The third-order valence-electron chi connectivity index (χ3n) is 2.92. The molecule has 0 radical (unpaired) electrons.